The molecule has 0 bridgehead atoms. The summed E-state index contributed by atoms with van der Waals surface area (Å²) >= 11 is 0. The average molecular weight is 316 g/mol. The zero-order chi connectivity index (χ0) is 15.8. The summed E-state index contributed by atoms with van der Waals surface area (Å²) in [5.41, 5.74) is 0. The smallest absolute Gasteiger partial charge is 0.223 e. The Hall–Kier alpha value is -0.620. The molecule has 122 valence electrons. The Labute approximate surface area is 128 Å². The summed E-state index contributed by atoms with van der Waals surface area (Å²) < 4.78 is 24.7. The third kappa shape index (κ3) is 3.77. The summed E-state index contributed by atoms with van der Waals surface area (Å²) in [5, 5.41) is 2.60. The van der Waals surface area contributed by atoms with Crippen LogP contribution in [0.3, 0.4) is 0 Å². The molecule has 3 atom stereocenters. The number of hydrogen-bond donors (Lipinski definition) is 1. The Kier molecular flexibility index (Phi) is 4.98. The molecule has 2 heterocycles. The van der Waals surface area contributed by atoms with Crippen LogP contribution in [0.15, 0.2) is 0 Å². The molecule has 2 saturated heterocycles. The van der Waals surface area contributed by atoms with Gasteiger partial charge in [-0.15, -0.1) is 0 Å². The first-order valence-electron chi connectivity index (χ1n) is 7.95. The highest BCUT2D eigenvalue weighted by Crippen LogP contribution is 2.37. The second kappa shape index (κ2) is 6.24. The molecule has 0 radical (unpaired) electrons. The Morgan fingerprint density at radius 2 is 1.90 bits per heavy atom. The molecule has 0 aliphatic carbocycles. The van der Waals surface area contributed by atoms with E-state index in [-0.39, 0.29) is 34.8 Å². The lowest BCUT2D eigenvalue weighted by molar-refractivity contribution is -0.127. The molecular weight excluding hydrogens is 288 g/mol. The first kappa shape index (κ1) is 16.7. The van der Waals surface area contributed by atoms with Crippen molar-refractivity contribution in [3.8, 4) is 0 Å². The SMILES string of the molecule is CC(C)CN1C[C@@H]2[C@@H](C(=O)NC(C)C)CCS(=O)(=O)[C@@H]2C1. The quantitative estimate of drug-likeness (QED) is 0.837. The van der Waals surface area contributed by atoms with Crippen LogP contribution in [0, 0.1) is 17.8 Å². The van der Waals surface area contributed by atoms with Crippen molar-refractivity contribution in [1.29, 1.82) is 0 Å². The molecule has 2 aliphatic rings. The van der Waals surface area contributed by atoms with Gasteiger partial charge < -0.3 is 10.2 Å². The largest absolute Gasteiger partial charge is 0.354 e. The summed E-state index contributed by atoms with van der Waals surface area (Å²) in [7, 11) is -3.05. The maximum atomic E-state index is 12.4. The van der Waals surface area contributed by atoms with Crippen molar-refractivity contribution in [2.45, 2.75) is 45.4 Å². The number of hydrogen-bond acceptors (Lipinski definition) is 4. The number of carbonyl (C=O) groups is 1. The average Bonchev–Trinajstić information content (AvgIpc) is 2.71. The normalized spacial score (nSPS) is 32.4. The van der Waals surface area contributed by atoms with Crippen molar-refractivity contribution < 1.29 is 13.2 Å². The molecule has 2 rings (SSSR count). The molecule has 21 heavy (non-hydrogen) atoms. The van der Waals surface area contributed by atoms with Gasteiger partial charge in [-0.3, -0.25) is 4.79 Å². The van der Waals surface area contributed by atoms with Crippen molar-refractivity contribution in [2.24, 2.45) is 17.8 Å². The van der Waals surface area contributed by atoms with Crippen molar-refractivity contribution >= 4 is 15.7 Å². The summed E-state index contributed by atoms with van der Waals surface area (Å²) in [5.74, 6) is 0.497. The number of carbonyl (C=O) groups excluding carboxylic acids is 1. The zero-order valence-electron chi connectivity index (χ0n) is 13.5. The van der Waals surface area contributed by atoms with E-state index in [0.29, 0.717) is 18.9 Å². The van der Waals surface area contributed by atoms with Crippen molar-refractivity contribution in [3.63, 3.8) is 0 Å². The van der Waals surface area contributed by atoms with Gasteiger partial charge in [0.25, 0.3) is 0 Å². The molecule has 2 fully saturated rings. The van der Waals surface area contributed by atoms with E-state index in [4.69, 9.17) is 0 Å². The molecule has 2 aliphatic heterocycles. The molecule has 1 amide bonds. The molecule has 0 unspecified atom stereocenters. The van der Waals surface area contributed by atoms with Gasteiger partial charge in [0.15, 0.2) is 9.84 Å². The van der Waals surface area contributed by atoms with Crippen LogP contribution in [0.4, 0.5) is 0 Å². The van der Waals surface area contributed by atoms with Gasteiger partial charge in [-0.1, -0.05) is 13.8 Å². The molecule has 0 aromatic carbocycles. The third-order valence-corrected chi connectivity index (χ3v) is 6.69. The molecule has 0 aromatic rings. The number of likely N-dealkylation sites (tertiary alicyclic amines) is 1. The highest BCUT2D eigenvalue weighted by Gasteiger charge is 2.50. The van der Waals surface area contributed by atoms with E-state index in [1.54, 1.807) is 0 Å². The number of sulfone groups is 1. The highest BCUT2D eigenvalue weighted by atomic mass is 32.2. The number of rotatable bonds is 4. The minimum atomic E-state index is -3.05. The maximum Gasteiger partial charge on any atom is 0.223 e. The van der Waals surface area contributed by atoms with E-state index in [1.807, 2.05) is 13.8 Å². The van der Waals surface area contributed by atoms with Gasteiger partial charge in [0.05, 0.1) is 11.0 Å². The first-order chi connectivity index (χ1) is 9.70. The van der Waals surface area contributed by atoms with Gasteiger partial charge in [-0.05, 0) is 26.2 Å². The standard InChI is InChI=1S/C15H28N2O3S/c1-10(2)7-17-8-13-12(15(18)16-11(3)4)5-6-21(19,20)14(13)9-17/h10-14H,5-9H2,1-4H3,(H,16,18)/t12-,13+,14+/m0/s1. The predicted octanol–water partition coefficient (Wildman–Crippen LogP) is 0.902. The number of nitrogens with one attached hydrogen (secondary N) is 1. The number of fused-ring (bicyclic) bond motifs is 1. The summed E-state index contributed by atoms with van der Waals surface area (Å²) in [6.45, 7) is 10.4. The Morgan fingerprint density at radius 1 is 1.24 bits per heavy atom. The number of amides is 1. The van der Waals surface area contributed by atoms with Crippen LogP contribution in [0.5, 0.6) is 0 Å². The van der Waals surface area contributed by atoms with Gasteiger partial charge >= 0.3 is 0 Å². The van der Waals surface area contributed by atoms with Gasteiger partial charge in [-0.2, -0.15) is 0 Å². The molecule has 0 saturated carbocycles. The molecule has 5 nitrogen and oxygen atoms in total. The van der Waals surface area contributed by atoms with Gasteiger partial charge in [0, 0.05) is 37.5 Å². The first-order valence-corrected chi connectivity index (χ1v) is 9.66. The minimum absolute atomic E-state index is 0.0290. The third-order valence-electron chi connectivity index (χ3n) is 4.47. The van der Waals surface area contributed by atoms with Gasteiger partial charge in [0.2, 0.25) is 5.91 Å². The van der Waals surface area contributed by atoms with Crippen molar-refractivity contribution in [1.82, 2.24) is 10.2 Å². The van der Waals surface area contributed by atoms with E-state index < -0.39 is 9.84 Å². The lowest BCUT2D eigenvalue weighted by atomic mass is 9.87. The maximum absolute atomic E-state index is 12.4. The summed E-state index contributed by atoms with van der Waals surface area (Å²) in [6, 6.07) is 0.0997. The molecule has 0 spiro atoms. The number of nitrogens with zero attached hydrogens (tertiary/aromatic N) is 1. The highest BCUT2D eigenvalue weighted by molar-refractivity contribution is 7.92. The van der Waals surface area contributed by atoms with Crippen LogP contribution in [-0.4, -0.2) is 55.9 Å². The topological polar surface area (TPSA) is 66.5 Å². The monoisotopic (exact) mass is 316 g/mol. The van der Waals surface area contributed by atoms with Crippen LogP contribution >= 0.6 is 0 Å². The summed E-state index contributed by atoms with van der Waals surface area (Å²) in [6.07, 6.45) is 0.470. The van der Waals surface area contributed by atoms with E-state index in [1.165, 1.54) is 0 Å². The molecule has 6 heteroatoms. The molecular formula is C15H28N2O3S. The Balaban J connectivity index is 2.15. The molecule has 0 aromatic heterocycles. The second-order valence-corrected chi connectivity index (χ2v) is 9.58. The lowest BCUT2D eigenvalue weighted by Crippen LogP contribution is -2.48. The van der Waals surface area contributed by atoms with Crippen LogP contribution in [0.25, 0.3) is 0 Å². The van der Waals surface area contributed by atoms with E-state index in [2.05, 4.69) is 24.1 Å². The van der Waals surface area contributed by atoms with Gasteiger partial charge in [0.1, 0.15) is 0 Å². The van der Waals surface area contributed by atoms with Crippen LogP contribution in [0.2, 0.25) is 0 Å². The van der Waals surface area contributed by atoms with Crippen LogP contribution in [0.1, 0.15) is 34.1 Å². The Morgan fingerprint density at radius 3 is 2.48 bits per heavy atom. The predicted molar refractivity (Wildman–Crippen MR) is 83.7 cm³/mol. The van der Waals surface area contributed by atoms with E-state index in [9.17, 15) is 13.2 Å². The Bertz CT molecular complexity index is 487. The van der Waals surface area contributed by atoms with Crippen LogP contribution < -0.4 is 5.32 Å². The minimum Gasteiger partial charge on any atom is -0.354 e. The second-order valence-electron chi connectivity index (χ2n) is 7.24. The van der Waals surface area contributed by atoms with Gasteiger partial charge in [-0.25, -0.2) is 8.42 Å². The summed E-state index contributed by atoms with van der Waals surface area (Å²) in [4.78, 5) is 14.6. The fraction of sp³-hybridized carbons (Fsp3) is 0.933. The van der Waals surface area contributed by atoms with E-state index in [0.717, 1.165) is 13.1 Å². The lowest BCUT2D eigenvalue weighted by Gasteiger charge is -2.32. The van der Waals surface area contributed by atoms with E-state index >= 15 is 0 Å². The van der Waals surface area contributed by atoms with Crippen molar-refractivity contribution in [2.75, 3.05) is 25.4 Å². The molecule has 1 N–H and O–H groups in total. The zero-order valence-corrected chi connectivity index (χ0v) is 14.3. The fourth-order valence-electron chi connectivity index (χ4n) is 3.69. The fourth-order valence-corrected chi connectivity index (χ4v) is 5.82. The van der Waals surface area contributed by atoms with Crippen LogP contribution in [-0.2, 0) is 14.6 Å². The van der Waals surface area contributed by atoms with Crippen molar-refractivity contribution in [3.05, 3.63) is 0 Å².